The molecule has 1 saturated carbocycles. The number of carbonyl (C=O) groups is 1. The summed E-state index contributed by atoms with van der Waals surface area (Å²) in [4.78, 5) is 12.5. The largest absolute Gasteiger partial charge is 0.289 e. The van der Waals surface area contributed by atoms with Crippen LogP contribution in [0, 0.1) is 11.6 Å². The van der Waals surface area contributed by atoms with Gasteiger partial charge in [-0.2, -0.15) is 0 Å². The normalized spacial score (nSPS) is 17.9. The first-order chi connectivity index (χ1) is 11.5. The molecule has 0 saturated heterocycles. The lowest BCUT2D eigenvalue weighted by molar-refractivity contribution is -0.111. The van der Waals surface area contributed by atoms with Crippen LogP contribution in [0.4, 0.5) is 8.78 Å². The molecule has 122 valence electrons. The summed E-state index contributed by atoms with van der Waals surface area (Å²) in [5.41, 5.74) is 1.77. The van der Waals surface area contributed by atoms with E-state index in [-0.39, 0.29) is 17.4 Å². The summed E-state index contributed by atoms with van der Waals surface area (Å²) in [5.74, 6) is -0.946. The number of allylic oxidation sites excluding steroid dienone is 2. The average molecular weight is 454 g/mol. The number of hydrogen-bond donors (Lipinski definition) is 0. The quantitative estimate of drug-likeness (QED) is 0.486. The third-order valence-electron chi connectivity index (χ3n) is 3.88. The molecule has 1 aliphatic rings. The Hall–Kier alpha value is -1.59. The third-order valence-corrected chi connectivity index (χ3v) is 5.27. The lowest BCUT2D eigenvalue weighted by Crippen LogP contribution is -1.97. The number of rotatable bonds is 2. The third kappa shape index (κ3) is 3.42. The van der Waals surface area contributed by atoms with Crippen LogP contribution in [-0.4, -0.2) is 5.78 Å². The number of ketones is 1. The van der Waals surface area contributed by atoms with Crippen molar-refractivity contribution in [1.82, 2.24) is 0 Å². The number of halogens is 4. The van der Waals surface area contributed by atoms with Gasteiger partial charge in [0.05, 0.1) is 0 Å². The van der Waals surface area contributed by atoms with Gasteiger partial charge in [-0.15, -0.1) is 0 Å². The van der Waals surface area contributed by atoms with Crippen molar-refractivity contribution in [2.75, 3.05) is 0 Å². The molecule has 0 unspecified atom stereocenters. The van der Waals surface area contributed by atoms with Crippen LogP contribution in [0.5, 0.6) is 0 Å². The number of Topliss-reactive ketones (excluding diaryl/α,β-unsaturated/α-hetero) is 1. The van der Waals surface area contributed by atoms with Crippen LogP contribution in [0.15, 0.2) is 56.5 Å². The topological polar surface area (TPSA) is 17.1 Å². The second kappa shape index (κ2) is 7.11. The minimum absolute atomic E-state index is 0.166. The molecule has 0 atom stereocenters. The van der Waals surface area contributed by atoms with Crippen molar-refractivity contribution in [3.05, 3.63) is 79.3 Å². The summed E-state index contributed by atoms with van der Waals surface area (Å²) < 4.78 is 29.0. The van der Waals surface area contributed by atoms with E-state index in [1.807, 2.05) is 0 Å². The van der Waals surface area contributed by atoms with E-state index in [2.05, 4.69) is 31.9 Å². The van der Waals surface area contributed by atoms with Crippen molar-refractivity contribution >= 4 is 49.8 Å². The van der Waals surface area contributed by atoms with Crippen molar-refractivity contribution in [3.8, 4) is 0 Å². The Kier molecular flexibility index (Phi) is 5.11. The highest BCUT2D eigenvalue weighted by molar-refractivity contribution is 9.10. The van der Waals surface area contributed by atoms with Gasteiger partial charge in [-0.3, -0.25) is 4.79 Å². The summed E-state index contributed by atoms with van der Waals surface area (Å²) >= 11 is 6.59. The van der Waals surface area contributed by atoms with E-state index >= 15 is 0 Å². The Morgan fingerprint density at radius 3 is 1.58 bits per heavy atom. The minimum atomic E-state index is -0.390. The molecule has 0 aromatic heterocycles. The maximum absolute atomic E-state index is 13.9. The van der Waals surface area contributed by atoms with Gasteiger partial charge < -0.3 is 0 Å². The summed E-state index contributed by atoms with van der Waals surface area (Å²) in [5, 5.41) is 0. The van der Waals surface area contributed by atoms with E-state index in [1.54, 1.807) is 36.4 Å². The molecule has 24 heavy (non-hydrogen) atoms. The Balaban J connectivity index is 1.96. The van der Waals surface area contributed by atoms with E-state index in [1.165, 1.54) is 12.1 Å². The molecule has 0 bridgehead atoms. The van der Waals surface area contributed by atoms with E-state index in [4.69, 9.17) is 0 Å². The fraction of sp³-hybridized carbons (Fsp3) is 0.105. The smallest absolute Gasteiger partial charge is 0.185 e. The molecule has 1 fully saturated rings. The Morgan fingerprint density at radius 1 is 0.792 bits per heavy atom. The zero-order chi connectivity index (χ0) is 17.3. The van der Waals surface area contributed by atoms with Gasteiger partial charge in [0.15, 0.2) is 5.78 Å². The van der Waals surface area contributed by atoms with Crippen LogP contribution in [0.25, 0.3) is 12.2 Å². The number of benzene rings is 2. The fourth-order valence-electron chi connectivity index (χ4n) is 2.62. The molecular weight excluding hydrogens is 442 g/mol. The lowest BCUT2D eigenvalue weighted by atomic mass is 10.1. The van der Waals surface area contributed by atoms with Gasteiger partial charge in [0.25, 0.3) is 0 Å². The van der Waals surface area contributed by atoms with Crippen LogP contribution in [0.1, 0.15) is 24.0 Å². The number of carbonyl (C=O) groups excluding carboxylic acids is 1. The highest BCUT2D eigenvalue weighted by atomic mass is 79.9. The van der Waals surface area contributed by atoms with Gasteiger partial charge in [0, 0.05) is 31.2 Å². The van der Waals surface area contributed by atoms with Gasteiger partial charge in [-0.1, -0.05) is 44.0 Å². The molecule has 1 aliphatic carbocycles. The summed E-state index contributed by atoms with van der Waals surface area (Å²) in [7, 11) is 0. The summed E-state index contributed by atoms with van der Waals surface area (Å²) in [6.45, 7) is 0. The van der Waals surface area contributed by atoms with E-state index < -0.39 is 0 Å². The standard InChI is InChI=1S/C19H12Br2F2O/c20-15-3-1-5-17(22)13(15)9-11-7-8-12(19(11)24)10-14-16(21)4-2-6-18(14)23/h1-6,9-10H,7-8H2/b11-9+,12-10+. The van der Waals surface area contributed by atoms with Crippen molar-refractivity contribution in [1.29, 1.82) is 0 Å². The van der Waals surface area contributed by atoms with Gasteiger partial charge in [0.1, 0.15) is 11.6 Å². The molecule has 0 amide bonds. The SMILES string of the molecule is O=C1/C(=C/c2c(F)cccc2Br)CC/C1=C\c1c(F)cccc1Br. The fourth-order valence-corrected chi connectivity index (χ4v) is 3.54. The first-order valence-electron chi connectivity index (χ1n) is 7.31. The molecular formula is C19H12Br2F2O. The zero-order valence-electron chi connectivity index (χ0n) is 12.5. The van der Waals surface area contributed by atoms with Crippen LogP contribution >= 0.6 is 31.9 Å². The van der Waals surface area contributed by atoms with Crippen LogP contribution in [-0.2, 0) is 4.79 Å². The predicted molar refractivity (Wildman–Crippen MR) is 98.4 cm³/mol. The van der Waals surface area contributed by atoms with Gasteiger partial charge >= 0.3 is 0 Å². The van der Waals surface area contributed by atoms with Crippen LogP contribution in [0.2, 0.25) is 0 Å². The maximum Gasteiger partial charge on any atom is 0.185 e. The molecule has 0 N–H and O–H groups in total. The second-order valence-corrected chi connectivity index (χ2v) is 7.15. The molecule has 0 spiro atoms. The molecule has 2 aromatic carbocycles. The minimum Gasteiger partial charge on any atom is -0.289 e. The van der Waals surface area contributed by atoms with Gasteiger partial charge in [0.2, 0.25) is 0 Å². The second-order valence-electron chi connectivity index (χ2n) is 5.44. The predicted octanol–water partition coefficient (Wildman–Crippen LogP) is 6.32. The zero-order valence-corrected chi connectivity index (χ0v) is 15.6. The molecule has 2 aromatic rings. The highest BCUT2D eigenvalue weighted by Gasteiger charge is 2.24. The lowest BCUT2D eigenvalue weighted by Gasteiger charge is -2.03. The first kappa shape index (κ1) is 17.2. The molecule has 0 radical (unpaired) electrons. The van der Waals surface area contributed by atoms with Crippen molar-refractivity contribution in [2.45, 2.75) is 12.8 Å². The average Bonchev–Trinajstić information content (AvgIpc) is 2.87. The Labute approximate surface area is 155 Å². The van der Waals surface area contributed by atoms with E-state index in [9.17, 15) is 13.6 Å². The van der Waals surface area contributed by atoms with Crippen LogP contribution < -0.4 is 0 Å². The molecule has 1 nitrogen and oxygen atoms in total. The van der Waals surface area contributed by atoms with Crippen LogP contribution in [0.3, 0.4) is 0 Å². The maximum atomic E-state index is 13.9. The van der Waals surface area contributed by atoms with Crippen molar-refractivity contribution in [3.63, 3.8) is 0 Å². The molecule has 0 heterocycles. The molecule has 3 rings (SSSR count). The molecule has 0 aliphatic heterocycles. The van der Waals surface area contributed by atoms with Crippen molar-refractivity contribution < 1.29 is 13.6 Å². The Morgan fingerprint density at radius 2 is 1.21 bits per heavy atom. The highest BCUT2D eigenvalue weighted by Crippen LogP contribution is 2.33. The van der Waals surface area contributed by atoms with Crippen molar-refractivity contribution in [2.24, 2.45) is 0 Å². The Bertz CT molecular complexity index is 773. The first-order valence-corrected chi connectivity index (χ1v) is 8.90. The monoisotopic (exact) mass is 452 g/mol. The van der Waals surface area contributed by atoms with Gasteiger partial charge in [-0.25, -0.2) is 8.78 Å². The molecule has 5 heteroatoms. The van der Waals surface area contributed by atoms with E-state index in [0.717, 1.165) is 0 Å². The summed E-state index contributed by atoms with van der Waals surface area (Å²) in [6.07, 6.45) is 4.16. The number of hydrogen-bond acceptors (Lipinski definition) is 1. The van der Waals surface area contributed by atoms with Gasteiger partial charge in [-0.05, 0) is 49.3 Å². The summed E-state index contributed by atoms with van der Waals surface area (Å²) in [6, 6.07) is 9.34. The van der Waals surface area contributed by atoms with E-state index in [0.29, 0.717) is 44.1 Å².